The number of morpholine rings is 1. The van der Waals surface area contributed by atoms with Crippen LogP contribution in [0, 0.1) is 0 Å². The van der Waals surface area contributed by atoms with Gasteiger partial charge in [-0.2, -0.15) is 4.79 Å². The van der Waals surface area contributed by atoms with Gasteiger partial charge in [0, 0.05) is 19.7 Å². The Bertz CT molecular complexity index is 714. The van der Waals surface area contributed by atoms with Crippen molar-refractivity contribution < 1.29 is 68.4 Å². The van der Waals surface area contributed by atoms with Crippen LogP contribution in [0.3, 0.4) is 0 Å². The molecule has 1 heterocycles. The van der Waals surface area contributed by atoms with Crippen LogP contribution in [-0.4, -0.2) is 78.5 Å². The van der Waals surface area contributed by atoms with Gasteiger partial charge in [0.05, 0.1) is 31.6 Å². The first kappa shape index (κ1) is 32.3. The van der Waals surface area contributed by atoms with Gasteiger partial charge in [0.15, 0.2) is 6.10 Å². The van der Waals surface area contributed by atoms with Crippen molar-refractivity contribution in [1.29, 1.82) is 0 Å². The Labute approximate surface area is 203 Å². The van der Waals surface area contributed by atoms with Gasteiger partial charge in [0.25, 0.3) is 0 Å². The third kappa shape index (κ3) is 14.0. The predicted octanol–water partition coefficient (Wildman–Crippen LogP) is -1.22. The van der Waals surface area contributed by atoms with E-state index >= 15 is 0 Å². The molecule has 1 fully saturated rings. The molecule has 0 aromatic rings. The second-order valence-electron chi connectivity index (χ2n) is 6.46. The molecule has 1 N–H and O–H groups in total. The van der Waals surface area contributed by atoms with Gasteiger partial charge in [0.1, 0.15) is 5.76 Å². The number of hydrogen-bond donors (Lipinski definition) is 1. The van der Waals surface area contributed by atoms with Gasteiger partial charge in [-0.15, -0.1) is 0 Å². The van der Waals surface area contributed by atoms with Crippen LogP contribution in [0.2, 0.25) is 0 Å². The molecule has 0 saturated carbocycles. The molecule has 0 aromatic carbocycles. The van der Waals surface area contributed by atoms with Crippen LogP contribution in [0.1, 0.15) is 39.5 Å². The van der Waals surface area contributed by atoms with E-state index in [0.29, 0.717) is 32.1 Å². The summed E-state index contributed by atoms with van der Waals surface area (Å²) in [5, 5.41) is 0. The number of unbranched alkanes of at least 4 members (excludes halogenated alkanes) is 2. The Morgan fingerprint density at radius 3 is 2.32 bits per heavy atom. The van der Waals surface area contributed by atoms with Crippen LogP contribution in [0.25, 0.3) is 5.53 Å². The van der Waals surface area contributed by atoms with E-state index in [-0.39, 0.29) is 38.0 Å². The monoisotopic (exact) mass is 531 g/mol. The summed E-state index contributed by atoms with van der Waals surface area (Å²) in [5.41, 5.74) is 10.9. The van der Waals surface area contributed by atoms with Gasteiger partial charge < -0.3 is 41.6 Å². The molecule has 0 aromatic heterocycles. The molecule has 0 radical (unpaired) electrons. The van der Waals surface area contributed by atoms with Crippen LogP contribution in [0.15, 0.2) is 23.6 Å². The first-order chi connectivity index (χ1) is 13.8. The standard InChI is InChI=1S/C18H29N3O3.ClH.H2O4S.Zn/c1-3-5-9-23-17-14-16(21-7-11-22-12-8-21)18(13-15(17)20-19)24-10-6-4-2;;1-5(2,3)4;/h13-14,17H,3-12H2,1-2H3;1H;(H2,1,2,3,4);/q;;;+2/p-2. The van der Waals surface area contributed by atoms with Crippen molar-refractivity contribution in [2.75, 3.05) is 39.5 Å². The largest absolute Gasteiger partial charge is 2.00 e. The average molecular weight is 533 g/mol. The zero-order valence-electron chi connectivity index (χ0n) is 18.0. The molecule has 1 aliphatic heterocycles. The summed E-state index contributed by atoms with van der Waals surface area (Å²) in [7, 11) is -4.92. The van der Waals surface area contributed by atoms with Gasteiger partial charge in [-0.3, -0.25) is 4.55 Å². The Kier molecular flexibility index (Phi) is 18.5. The smallest absolute Gasteiger partial charge is 1.00 e. The molecule has 0 spiro atoms. The topological polar surface area (TPSA) is 145 Å². The maximum atomic E-state index is 9.35. The number of rotatable bonds is 9. The molecule has 1 saturated heterocycles. The molecule has 2 rings (SSSR count). The minimum absolute atomic E-state index is 0. The molecule has 13 heteroatoms. The maximum Gasteiger partial charge on any atom is 2.00 e. The molecule has 1 unspecified atom stereocenters. The number of ether oxygens (including phenoxy) is 3. The van der Waals surface area contributed by atoms with Crippen molar-refractivity contribution in [3.05, 3.63) is 29.1 Å². The summed E-state index contributed by atoms with van der Waals surface area (Å²) in [6, 6.07) is 0. The molecular formula is C18H30ClN3O7SZn. The molecule has 31 heavy (non-hydrogen) atoms. The number of hydrogen-bond acceptors (Lipinski definition) is 7. The summed E-state index contributed by atoms with van der Waals surface area (Å²) in [6.07, 6.45) is 7.61. The maximum absolute atomic E-state index is 9.35. The van der Waals surface area contributed by atoms with Crippen molar-refractivity contribution in [2.45, 2.75) is 45.6 Å². The summed E-state index contributed by atoms with van der Waals surface area (Å²) < 4.78 is 50.1. The van der Waals surface area contributed by atoms with E-state index < -0.39 is 10.4 Å². The third-order valence-corrected chi connectivity index (χ3v) is 4.15. The van der Waals surface area contributed by atoms with Crippen molar-refractivity contribution in [3.8, 4) is 0 Å². The van der Waals surface area contributed by atoms with Gasteiger partial charge in [-0.25, -0.2) is 8.42 Å². The van der Waals surface area contributed by atoms with Crippen molar-refractivity contribution in [1.82, 2.24) is 4.90 Å². The van der Waals surface area contributed by atoms with Gasteiger partial charge in [0.2, 0.25) is 10.4 Å². The minimum Gasteiger partial charge on any atom is -1.00 e. The Balaban J connectivity index is 0. The first-order valence-electron chi connectivity index (χ1n) is 9.71. The van der Waals surface area contributed by atoms with Crippen molar-refractivity contribution in [2.24, 2.45) is 0 Å². The van der Waals surface area contributed by atoms with Gasteiger partial charge in [-0.05, 0) is 18.9 Å². The molecule has 0 amide bonds. The van der Waals surface area contributed by atoms with Crippen molar-refractivity contribution in [3.63, 3.8) is 0 Å². The molecule has 1 aliphatic carbocycles. The van der Waals surface area contributed by atoms with E-state index in [4.69, 9.17) is 31.7 Å². The molecular weight excluding hydrogens is 503 g/mol. The van der Waals surface area contributed by atoms with E-state index in [2.05, 4.69) is 23.5 Å². The van der Waals surface area contributed by atoms with Crippen LogP contribution < -0.4 is 12.4 Å². The van der Waals surface area contributed by atoms with E-state index in [1.54, 1.807) is 6.08 Å². The first-order valence-corrected chi connectivity index (χ1v) is 11.1. The molecule has 2 aliphatic rings. The van der Waals surface area contributed by atoms with Crippen LogP contribution in [0.5, 0.6) is 0 Å². The fourth-order valence-corrected chi connectivity index (χ4v) is 2.68. The van der Waals surface area contributed by atoms with E-state index in [9.17, 15) is 5.53 Å². The summed E-state index contributed by atoms with van der Waals surface area (Å²) in [4.78, 5) is 5.67. The van der Waals surface area contributed by atoms with E-state index in [1.165, 1.54) is 0 Å². The predicted molar refractivity (Wildman–Crippen MR) is 105 cm³/mol. The number of nitrogens with zero attached hydrogens (tertiary/aromatic N) is 3. The average Bonchev–Trinajstić information content (AvgIpc) is 2.68. The molecule has 0 bridgehead atoms. The zero-order valence-corrected chi connectivity index (χ0v) is 22.6. The SMILES string of the molecule is CCCCOC1=CC(=[N+]=[N-])C(OCCCC)C=C1N1CCOCC1.O=S(=O)([O-])O.[Cl-].[Zn+2]. The molecule has 174 valence electrons. The zero-order chi connectivity index (χ0) is 21.7. The quantitative estimate of drug-likeness (QED) is 0.0970. The third-order valence-electron chi connectivity index (χ3n) is 4.15. The van der Waals surface area contributed by atoms with Crippen LogP contribution >= 0.6 is 0 Å². The second-order valence-corrected chi connectivity index (χ2v) is 7.31. The fourth-order valence-electron chi connectivity index (χ4n) is 2.68. The summed E-state index contributed by atoms with van der Waals surface area (Å²) in [6.45, 7) is 8.64. The van der Waals surface area contributed by atoms with Gasteiger partial charge in [-0.1, -0.05) is 26.7 Å². The van der Waals surface area contributed by atoms with Crippen LogP contribution in [0.4, 0.5) is 0 Å². The fraction of sp³-hybridized carbons (Fsp3) is 0.722. The van der Waals surface area contributed by atoms with Gasteiger partial charge >= 0.3 is 25.2 Å². The Morgan fingerprint density at radius 2 is 1.81 bits per heavy atom. The van der Waals surface area contributed by atoms with E-state index in [0.717, 1.165) is 50.2 Å². The van der Waals surface area contributed by atoms with Crippen LogP contribution in [-0.2, 0) is 44.1 Å². The Hall–Kier alpha value is -0.837. The van der Waals surface area contributed by atoms with Crippen molar-refractivity contribution >= 4 is 16.1 Å². The normalized spacial score (nSPS) is 18.3. The summed E-state index contributed by atoms with van der Waals surface area (Å²) >= 11 is 0. The van der Waals surface area contributed by atoms with E-state index in [1.807, 2.05) is 6.08 Å². The minimum atomic E-state index is -4.92. The molecule has 1 atom stereocenters. The molecule has 10 nitrogen and oxygen atoms in total. The number of halogens is 1. The second kappa shape index (κ2) is 17.7. The summed E-state index contributed by atoms with van der Waals surface area (Å²) in [5.74, 6) is 0.758. The Morgan fingerprint density at radius 1 is 1.26 bits per heavy atom.